The Morgan fingerprint density at radius 2 is 1.68 bits per heavy atom. The van der Waals surface area contributed by atoms with E-state index in [1.54, 1.807) is 30.3 Å². The summed E-state index contributed by atoms with van der Waals surface area (Å²) in [6.45, 7) is 1.64. The number of halogens is 1. The van der Waals surface area contributed by atoms with E-state index < -0.39 is 15.9 Å². The molecule has 162 valence electrons. The molecule has 0 aromatic heterocycles. The Kier molecular flexibility index (Phi) is 7.04. The Morgan fingerprint density at radius 3 is 2.32 bits per heavy atom. The van der Waals surface area contributed by atoms with Gasteiger partial charge >= 0.3 is 0 Å². The van der Waals surface area contributed by atoms with E-state index in [-0.39, 0.29) is 11.5 Å². The molecule has 9 heteroatoms. The Hall–Kier alpha value is -3.23. The molecule has 1 amide bonds. The van der Waals surface area contributed by atoms with Crippen LogP contribution in [0.5, 0.6) is 11.5 Å². The van der Waals surface area contributed by atoms with Crippen LogP contribution in [0.4, 0.5) is 11.4 Å². The number of amides is 1. The quantitative estimate of drug-likeness (QED) is 0.517. The third-order valence-corrected chi connectivity index (χ3v) is 5.88. The van der Waals surface area contributed by atoms with Gasteiger partial charge in [0.1, 0.15) is 11.5 Å². The molecule has 3 aromatic rings. The number of hydrogen-bond acceptors (Lipinski definition) is 5. The molecular formula is C22H21ClN2O5S. The minimum atomic E-state index is -3.74. The highest BCUT2D eigenvalue weighted by molar-refractivity contribution is 7.92. The summed E-state index contributed by atoms with van der Waals surface area (Å²) >= 11 is 5.95. The highest BCUT2D eigenvalue weighted by atomic mass is 35.5. The summed E-state index contributed by atoms with van der Waals surface area (Å²) in [6, 6.07) is 17.7. The van der Waals surface area contributed by atoms with Crippen molar-refractivity contribution in [3.63, 3.8) is 0 Å². The maximum absolute atomic E-state index is 12.5. The third-order valence-electron chi connectivity index (χ3n) is 4.24. The number of aryl methyl sites for hydroxylation is 1. The molecule has 0 saturated carbocycles. The lowest BCUT2D eigenvalue weighted by molar-refractivity contribution is -0.118. The van der Waals surface area contributed by atoms with Crippen molar-refractivity contribution >= 4 is 38.9 Å². The number of rotatable bonds is 8. The Labute approximate surface area is 186 Å². The molecule has 0 aliphatic carbocycles. The van der Waals surface area contributed by atoms with Gasteiger partial charge in [-0.15, -0.1) is 0 Å². The molecule has 3 aromatic carbocycles. The van der Waals surface area contributed by atoms with Gasteiger partial charge in [-0.3, -0.25) is 9.52 Å². The topological polar surface area (TPSA) is 93.7 Å². The molecular weight excluding hydrogens is 440 g/mol. The summed E-state index contributed by atoms with van der Waals surface area (Å²) in [5.74, 6) is 0.397. The van der Waals surface area contributed by atoms with Gasteiger partial charge < -0.3 is 14.8 Å². The smallest absolute Gasteiger partial charge is 0.262 e. The number of carbonyl (C=O) groups is 1. The van der Waals surface area contributed by atoms with Gasteiger partial charge in [-0.25, -0.2) is 8.42 Å². The van der Waals surface area contributed by atoms with E-state index in [9.17, 15) is 13.2 Å². The lowest BCUT2D eigenvalue weighted by Gasteiger charge is -2.12. The average molecular weight is 461 g/mol. The first-order valence-corrected chi connectivity index (χ1v) is 11.1. The molecule has 0 aliphatic heterocycles. The normalized spacial score (nSPS) is 10.9. The van der Waals surface area contributed by atoms with E-state index >= 15 is 0 Å². The number of carbonyl (C=O) groups excluding carboxylic acids is 1. The van der Waals surface area contributed by atoms with E-state index in [1.165, 1.54) is 31.4 Å². The fourth-order valence-electron chi connectivity index (χ4n) is 2.66. The number of sulfonamides is 1. The van der Waals surface area contributed by atoms with E-state index in [2.05, 4.69) is 10.0 Å². The maximum atomic E-state index is 12.5. The molecule has 0 atom stereocenters. The Morgan fingerprint density at radius 1 is 1.00 bits per heavy atom. The molecule has 0 saturated heterocycles. The fraction of sp³-hybridized carbons (Fsp3) is 0.136. The van der Waals surface area contributed by atoms with Crippen LogP contribution in [-0.4, -0.2) is 28.0 Å². The minimum absolute atomic E-state index is 0.0774. The minimum Gasteiger partial charge on any atom is -0.495 e. The molecule has 0 radical (unpaired) electrons. The zero-order valence-electron chi connectivity index (χ0n) is 16.9. The van der Waals surface area contributed by atoms with Crippen LogP contribution in [-0.2, 0) is 14.8 Å². The number of ether oxygens (including phenoxy) is 2. The first-order chi connectivity index (χ1) is 14.8. The summed E-state index contributed by atoms with van der Waals surface area (Å²) in [5, 5.41) is 3.11. The zero-order valence-corrected chi connectivity index (χ0v) is 18.5. The van der Waals surface area contributed by atoms with Crippen molar-refractivity contribution in [1.29, 1.82) is 0 Å². The number of nitrogens with one attached hydrogen (secondary N) is 2. The van der Waals surface area contributed by atoms with Crippen molar-refractivity contribution in [3.05, 3.63) is 77.3 Å². The predicted octanol–water partition coefficient (Wildman–Crippen LogP) is 4.48. The maximum Gasteiger partial charge on any atom is 0.262 e. The predicted molar refractivity (Wildman–Crippen MR) is 121 cm³/mol. The molecule has 0 heterocycles. The lowest BCUT2D eigenvalue weighted by atomic mass is 10.2. The van der Waals surface area contributed by atoms with Crippen LogP contribution >= 0.6 is 11.6 Å². The van der Waals surface area contributed by atoms with Gasteiger partial charge in [0.2, 0.25) is 0 Å². The van der Waals surface area contributed by atoms with Crippen molar-refractivity contribution in [2.45, 2.75) is 11.8 Å². The fourth-order valence-corrected chi connectivity index (χ4v) is 3.89. The lowest BCUT2D eigenvalue weighted by Crippen LogP contribution is -2.20. The van der Waals surface area contributed by atoms with Crippen molar-refractivity contribution in [2.24, 2.45) is 0 Å². The van der Waals surface area contributed by atoms with Crippen molar-refractivity contribution < 1.29 is 22.7 Å². The number of methoxy groups -OCH3 is 1. The average Bonchev–Trinajstić information content (AvgIpc) is 2.74. The molecule has 2 N–H and O–H groups in total. The molecule has 31 heavy (non-hydrogen) atoms. The summed E-state index contributed by atoms with van der Waals surface area (Å²) in [5.41, 5.74) is 1.92. The second-order valence-corrected chi connectivity index (χ2v) is 8.74. The molecule has 0 spiro atoms. The molecule has 0 bridgehead atoms. The first kappa shape index (κ1) is 22.5. The van der Waals surface area contributed by atoms with Crippen LogP contribution in [0.15, 0.2) is 71.6 Å². The molecule has 3 rings (SSSR count). The third kappa shape index (κ3) is 6.13. The summed E-state index contributed by atoms with van der Waals surface area (Å²) in [7, 11) is -2.25. The van der Waals surface area contributed by atoms with Gasteiger partial charge in [-0.1, -0.05) is 29.3 Å². The highest BCUT2D eigenvalue weighted by Crippen LogP contribution is 2.27. The van der Waals surface area contributed by atoms with Crippen LogP contribution in [0.25, 0.3) is 0 Å². The zero-order chi connectivity index (χ0) is 22.4. The Bertz CT molecular complexity index is 1160. The van der Waals surface area contributed by atoms with Crippen LogP contribution in [0.1, 0.15) is 5.56 Å². The molecule has 7 nitrogen and oxygen atoms in total. The van der Waals surface area contributed by atoms with Gasteiger partial charge in [0.25, 0.3) is 15.9 Å². The van der Waals surface area contributed by atoms with E-state index in [0.717, 1.165) is 5.56 Å². The van der Waals surface area contributed by atoms with Crippen LogP contribution < -0.4 is 19.5 Å². The second-order valence-electron chi connectivity index (χ2n) is 6.62. The van der Waals surface area contributed by atoms with Crippen LogP contribution in [0.2, 0.25) is 5.02 Å². The Balaban J connectivity index is 1.59. The first-order valence-electron chi connectivity index (χ1n) is 9.22. The van der Waals surface area contributed by atoms with Gasteiger partial charge in [-0.2, -0.15) is 0 Å². The van der Waals surface area contributed by atoms with Gasteiger partial charge in [0.15, 0.2) is 6.61 Å². The van der Waals surface area contributed by atoms with Crippen molar-refractivity contribution in [2.75, 3.05) is 23.8 Å². The van der Waals surface area contributed by atoms with Crippen molar-refractivity contribution in [1.82, 2.24) is 0 Å². The summed E-state index contributed by atoms with van der Waals surface area (Å²) < 4.78 is 38.2. The summed E-state index contributed by atoms with van der Waals surface area (Å²) in [6.07, 6.45) is 0. The van der Waals surface area contributed by atoms with Gasteiger partial charge in [0, 0.05) is 10.7 Å². The van der Waals surface area contributed by atoms with Gasteiger partial charge in [0.05, 0.1) is 17.7 Å². The van der Waals surface area contributed by atoms with Crippen LogP contribution in [0.3, 0.4) is 0 Å². The molecule has 0 unspecified atom stereocenters. The van der Waals surface area contributed by atoms with E-state index in [4.69, 9.17) is 21.1 Å². The van der Waals surface area contributed by atoms with E-state index in [0.29, 0.717) is 27.9 Å². The van der Waals surface area contributed by atoms with E-state index in [1.807, 2.05) is 19.1 Å². The number of anilines is 2. The second kappa shape index (κ2) is 9.72. The number of benzene rings is 3. The molecule has 0 aliphatic rings. The monoisotopic (exact) mass is 460 g/mol. The standard InChI is InChI=1S/C22H21ClN2O5S/c1-15-3-6-17(7-4-15)25-31(27,28)19-10-8-18(9-11-19)30-14-22(26)24-20-13-16(23)5-12-21(20)29-2/h3-13,25H,14H2,1-2H3,(H,24,26). The largest absolute Gasteiger partial charge is 0.495 e. The van der Waals surface area contributed by atoms with Crippen molar-refractivity contribution in [3.8, 4) is 11.5 Å². The van der Waals surface area contributed by atoms with Crippen LogP contribution in [0, 0.1) is 6.92 Å². The SMILES string of the molecule is COc1ccc(Cl)cc1NC(=O)COc1ccc(S(=O)(=O)Nc2ccc(C)cc2)cc1. The van der Waals surface area contributed by atoms with Gasteiger partial charge in [-0.05, 0) is 61.5 Å². The highest BCUT2D eigenvalue weighted by Gasteiger charge is 2.15. The summed E-state index contributed by atoms with van der Waals surface area (Å²) in [4.78, 5) is 12.3. The number of hydrogen-bond donors (Lipinski definition) is 2. The molecule has 0 fully saturated rings.